The molecule has 2 heterocycles. The largest absolute Gasteiger partial charge is 0.433 e. The number of pyridine rings is 1. The third-order valence-electron chi connectivity index (χ3n) is 3.81. The van der Waals surface area contributed by atoms with Gasteiger partial charge in [0.2, 0.25) is 0 Å². The van der Waals surface area contributed by atoms with Crippen LogP contribution >= 0.6 is 11.9 Å². The van der Waals surface area contributed by atoms with Crippen LogP contribution in [-0.4, -0.2) is 26.8 Å². The van der Waals surface area contributed by atoms with Crippen molar-refractivity contribution in [3.8, 4) is 11.3 Å². The minimum Gasteiger partial charge on any atom is -0.365 e. The van der Waals surface area contributed by atoms with Gasteiger partial charge in [0.25, 0.3) is 5.91 Å². The summed E-state index contributed by atoms with van der Waals surface area (Å²) in [6.45, 7) is 2.02. The number of primary amides is 1. The van der Waals surface area contributed by atoms with Crippen LogP contribution < -0.4 is 15.8 Å². The number of aromatic amines is 1. The maximum Gasteiger partial charge on any atom is 0.433 e. The predicted molar refractivity (Wildman–Crippen MR) is 107 cm³/mol. The Hall–Kier alpha value is -3.21. The molecule has 0 aliphatic heterocycles. The summed E-state index contributed by atoms with van der Waals surface area (Å²) in [5.74, 6) is -0.0150. The quantitative estimate of drug-likeness (QED) is 0.420. The van der Waals surface area contributed by atoms with Crippen molar-refractivity contribution in [3.63, 3.8) is 0 Å². The van der Waals surface area contributed by atoms with Crippen molar-refractivity contribution >= 4 is 35.2 Å². The van der Waals surface area contributed by atoms with Crippen molar-refractivity contribution in [1.82, 2.24) is 15.2 Å². The van der Waals surface area contributed by atoms with Crippen LogP contribution in [0.3, 0.4) is 0 Å². The number of amides is 1. The average Bonchev–Trinajstić information content (AvgIpc) is 3.10. The van der Waals surface area contributed by atoms with E-state index in [1.807, 2.05) is 19.1 Å². The fourth-order valence-electron chi connectivity index (χ4n) is 2.53. The Kier molecular flexibility index (Phi) is 5.97. The predicted octanol–water partition coefficient (Wildman–Crippen LogP) is 4.41. The molecular formula is C18H17F3N6OS. The Balaban J connectivity index is 1.91. The third kappa shape index (κ3) is 4.80. The second kappa shape index (κ2) is 8.43. The molecule has 2 aromatic heterocycles. The van der Waals surface area contributed by atoms with Gasteiger partial charge in [-0.05, 0) is 24.3 Å². The van der Waals surface area contributed by atoms with E-state index in [9.17, 15) is 18.0 Å². The van der Waals surface area contributed by atoms with Crippen LogP contribution in [0, 0.1) is 0 Å². The maximum absolute atomic E-state index is 12.9. The van der Waals surface area contributed by atoms with E-state index in [0.717, 1.165) is 17.5 Å². The van der Waals surface area contributed by atoms with Crippen LogP contribution in [0.1, 0.15) is 23.0 Å². The molecule has 1 aromatic carbocycles. The third-order valence-corrected chi connectivity index (χ3v) is 4.48. The number of carbonyl (C=O) groups excluding carboxylic acids is 1. The molecule has 0 fully saturated rings. The molecule has 0 saturated carbocycles. The first-order chi connectivity index (χ1) is 13.8. The van der Waals surface area contributed by atoms with Crippen molar-refractivity contribution in [1.29, 1.82) is 0 Å². The highest BCUT2D eigenvalue weighted by molar-refractivity contribution is 8.00. The molecule has 1 amide bonds. The summed E-state index contributed by atoms with van der Waals surface area (Å²) < 4.78 is 41.7. The molecule has 0 bridgehead atoms. The van der Waals surface area contributed by atoms with Crippen molar-refractivity contribution in [2.24, 2.45) is 5.73 Å². The van der Waals surface area contributed by atoms with E-state index in [4.69, 9.17) is 5.73 Å². The number of rotatable bonds is 7. The molecule has 11 heteroatoms. The number of carbonyl (C=O) groups is 1. The lowest BCUT2D eigenvalue weighted by molar-refractivity contribution is -0.141. The van der Waals surface area contributed by atoms with Gasteiger partial charge in [-0.3, -0.25) is 9.89 Å². The van der Waals surface area contributed by atoms with Gasteiger partial charge in [-0.25, -0.2) is 4.98 Å². The molecule has 0 saturated heterocycles. The SMILES string of the molecule is CCSNc1ccc(-c2[nH]nc(Nc3cccc(C(F)(F)F)n3)c2C(N)=O)cc1. The van der Waals surface area contributed by atoms with Crippen molar-refractivity contribution in [2.75, 3.05) is 15.8 Å². The first-order valence-electron chi connectivity index (χ1n) is 8.47. The van der Waals surface area contributed by atoms with Gasteiger partial charge in [0.1, 0.15) is 17.1 Å². The number of H-pyrrole nitrogens is 1. The molecule has 0 aliphatic rings. The van der Waals surface area contributed by atoms with Gasteiger partial charge in [-0.15, -0.1) is 0 Å². The Morgan fingerprint density at radius 2 is 1.93 bits per heavy atom. The minimum atomic E-state index is -4.59. The second-order valence-electron chi connectivity index (χ2n) is 5.83. The zero-order valence-electron chi connectivity index (χ0n) is 15.2. The normalized spacial score (nSPS) is 11.3. The summed E-state index contributed by atoms with van der Waals surface area (Å²) in [6.07, 6.45) is -4.59. The fraction of sp³-hybridized carbons (Fsp3) is 0.167. The van der Waals surface area contributed by atoms with E-state index in [2.05, 4.69) is 25.2 Å². The Labute approximate surface area is 168 Å². The summed E-state index contributed by atoms with van der Waals surface area (Å²) in [5.41, 5.74) is 6.32. The van der Waals surface area contributed by atoms with Gasteiger partial charge in [0.15, 0.2) is 5.82 Å². The molecule has 0 spiro atoms. The van der Waals surface area contributed by atoms with Crippen LogP contribution in [-0.2, 0) is 6.18 Å². The summed E-state index contributed by atoms with van der Waals surface area (Å²) in [7, 11) is 0. The van der Waals surface area contributed by atoms with Crippen LogP contribution in [0.25, 0.3) is 11.3 Å². The number of hydrogen-bond acceptors (Lipinski definition) is 6. The Bertz CT molecular complexity index is 1000. The van der Waals surface area contributed by atoms with Gasteiger partial charge < -0.3 is 15.8 Å². The van der Waals surface area contributed by atoms with Crippen molar-refractivity contribution in [3.05, 3.63) is 53.7 Å². The highest BCUT2D eigenvalue weighted by Crippen LogP contribution is 2.31. The monoisotopic (exact) mass is 422 g/mol. The van der Waals surface area contributed by atoms with Crippen LogP contribution in [0.4, 0.5) is 30.5 Å². The Morgan fingerprint density at radius 3 is 2.55 bits per heavy atom. The van der Waals surface area contributed by atoms with Gasteiger partial charge in [-0.1, -0.05) is 37.1 Å². The summed E-state index contributed by atoms with van der Waals surface area (Å²) in [6, 6.07) is 10.6. The lowest BCUT2D eigenvalue weighted by Crippen LogP contribution is -2.14. The summed E-state index contributed by atoms with van der Waals surface area (Å²) >= 11 is 1.54. The van der Waals surface area contributed by atoms with Gasteiger partial charge >= 0.3 is 6.18 Å². The van der Waals surface area contributed by atoms with Crippen LogP contribution in [0.15, 0.2) is 42.5 Å². The van der Waals surface area contributed by atoms with Crippen LogP contribution in [0.5, 0.6) is 0 Å². The molecule has 0 atom stereocenters. The number of nitrogens with zero attached hydrogens (tertiary/aromatic N) is 2. The number of nitrogens with two attached hydrogens (primary N) is 1. The molecule has 3 aromatic rings. The summed E-state index contributed by atoms with van der Waals surface area (Å²) in [5, 5.41) is 9.33. The van der Waals surface area contributed by atoms with Crippen LogP contribution in [0.2, 0.25) is 0 Å². The van der Waals surface area contributed by atoms with E-state index in [1.165, 1.54) is 24.1 Å². The molecule has 3 rings (SSSR count). The molecule has 29 heavy (non-hydrogen) atoms. The van der Waals surface area contributed by atoms with Gasteiger partial charge in [0.05, 0.1) is 5.69 Å². The van der Waals surface area contributed by atoms with Gasteiger partial charge in [-0.2, -0.15) is 18.3 Å². The number of aromatic nitrogens is 3. The molecular weight excluding hydrogens is 405 g/mol. The number of nitrogens with one attached hydrogen (secondary N) is 3. The van der Waals surface area contributed by atoms with Crippen molar-refractivity contribution in [2.45, 2.75) is 13.1 Å². The number of anilines is 3. The van der Waals surface area contributed by atoms with E-state index in [1.54, 1.807) is 12.1 Å². The lowest BCUT2D eigenvalue weighted by Gasteiger charge is -2.09. The first-order valence-corrected chi connectivity index (χ1v) is 9.46. The smallest absolute Gasteiger partial charge is 0.365 e. The second-order valence-corrected chi connectivity index (χ2v) is 6.90. The average molecular weight is 422 g/mol. The maximum atomic E-state index is 12.9. The standard InChI is InChI=1S/C18H17F3N6OS/c1-2-29-27-11-8-6-10(7-9-11)15-14(16(22)28)17(26-25-15)24-13-5-3-4-12(23-13)18(19,20)21/h3-9,27H,2H2,1H3,(H2,22,28)(H2,23,24,25,26). The number of alkyl halides is 3. The molecule has 5 N–H and O–H groups in total. The minimum absolute atomic E-state index is 0.0111. The first kappa shape index (κ1) is 20.5. The van der Waals surface area contributed by atoms with Crippen molar-refractivity contribution < 1.29 is 18.0 Å². The van der Waals surface area contributed by atoms with Gasteiger partial charge in [0, 0.05) is 17.0 Å². The molecule has 0 unspecified atom stereocenters. The van der Waals surface area contributed by atoms with E-state index < -0.39 is 17.8 Å². The molecule has 7 nitrogen and oxygen atoms in total. The highest BCUT2D eigenvalue weighted by atomic mass is 32.2. The van der Waals surface area contributed by atoms with E-state index >= 15 is 0 Å². The zero-order chi connectivity index (χ0) is 21.0. The topological polar surface area (TPSA) is 109 Å². The lowest BCUT2D eigenvalue weighted by atomic mass is 10.1. The fourth-order valence-corrected chi connectivity index (χ4v) is 2.97. The number of hydrogen-bond donors (Lipinski definition) is 4. The zero-order valence-corrected chi connectivity index (χ0v) is 16.0. The van der Waals surface area contributed by atoms with E-state index in [-0.39, 0.29) is 17.2 Å². The summed E-state index contributed by atoms with van der Waals surface area (Å²) in [4.78, 5) is 15.5. The number of benzene rings is 1. The molecule has 152 valence electrons. The number of halogens is 3. The Morgan fingerprint density at radius 1 is 1.21 bits per heavy atom. The molecule has 0 radical (unpaired) electrons. The van der Waals surface area contributed by atoms with E-state index in [0.29, 0.717) is 11.3 Å². The molecule has 0 aliphatic carbocycles. The highest BCUT2D eigenvalue weighted by Gasteiger charge is 2.32.